The molecule has 1 atom stereocenters. The second kappa shape index (κ2) is 5.74. The van der Waals surface area contributed by atoms with Crippen LogP contribution in [0.15, 0.2) is 15.5 Å². The molecule has 0 bridgehead atoms. The quantitative estimate of drug-likeness (QED) is 0.791. The normalized spacial score (nSPS) is 20.8. The third kappa shape index (κ3) is 2.49. The summed E-state index contributed by atoms with van der Waals surface area (Å²) in [7, 11) is 1.66. The first-order chi connectivity index (χ1) is 11.1. The maximum Gasteiger partial charge on any atom is 0.282 e. The summed E-state index contributed by atoms with van der Waals surface area (Å²) in [6.45, 7) is 2.82. The summed E-state index contributed by atoms with van der Waals surface area (Å²) in [6.07, 6.45) is 6.16. The van der Waals surface area contributed by atoms with Gasteiger partial charge in [0.25, 0.3) is 5.56 Å². The number of halogens is 1. The Morgan fingerprint density at radius 1 is 1.26 bits per heavy atom. The Bertz CT molecular complexity index is 798. The number of anilines is 1. The van der Waals surface area contributed by atoms with Gasteiger partial charge in [-0.3, -0.25) is 4.79 Å². The fourth-order valence-corrected chi connectivity index (χ4v) is 4.21. The summed E-state index contributed by atoms with van der Waals surface area (Å²) < 4.78 is 4.22. The van der Waals surface area contributed by atoms with Crippen LogP contribution in [0.4, 0.5) is 5.69 Å². The zero-order valence-corrected chi connectivity index (χ0v) is 14.7. The van der Waals surface area contributed by atoms with Crippen LogP contribution in [0.1, 0.15) is 36.8 Å². The monoisotopic (exact) mass is 378 g/mol. The van der Waals surface area contributed by atoms with E-state index in [1.165, 1.54) is 11.1 Å². The molecule has 23 heavy (non-hydrogen) atoms. The molecule has 122 valence electrons. The number of hydrogen-bond acceptors (Lipinski definition) is 5. The lowest BCUT2D eigenvalue weighted by Crippen LogP contribution is -2.37. The lowest BCUT2D eigenvalue weighted by molar-refractivity contribution is 0.471. The first-order valence-corrected chi connectivity index (χ1v) is 8.83. The fourth-order valence-electron chi connectivity index (χ4n) is 3.60. The zero-order chi connectivity index (χ0) is 16.0. The van der Waals surface area contributed by atoms with Crippen molar-refractivity contribution in [1.29, 1.82) is 0 Å². The number of fused-ring (bicyclic) bond motifs is 1. The van der Waals surface area contributed by atoms with E-state index in [0.717, 1.165) is 56.2 Å². The molecule has 0 amide bonds. The average molecular weight is 379 g/mol. The lowest BCUT2D eigenvalue weighted by atomic mass is 9.97. The van der Waals surface area contributed by atoms with Gasteiger partial charge in [-0.25, -0.2) is 4.68 Å². The van der Waals surface area contributed by atoms with E-state index in [9.17, 15) is 4.79 Å². The number of aryl methyl sites for hydroxylation is 2. The molecule has 2 aromatic heterocycles. The minimum Gasteiger partial charge on any atom is -0.368 e. The van der Waals surface area contributed by atoms with E-state index in [1.807, 2.05) is 0 Å². The Labute approximate surface area is 142 Å². The molecule has 2 aromatic rings. The number of nitrogens with zero attached hydrogens (tertiary/aromatic N) is 6. The summed E-state index contributed by atoms with van der Waals surface area (Å²) in [6, 6.07) is 0. The molecular formula is C15H19BrN6O. The predicted molar refractivity (Wildman–Crippen MR) is 89.7 cm³/mol. The molecule has 0 N–H and O–H groups in total. The van der Waals surface area contributed by atoms with Gasteiger partial charge in [-0.1, -0.05) is 0 Å². The SMILES string of the molecule is Cn1ncc(N2CCCC(c3nnc4n3CCC4)C2)c(Br)c1=O. The Kier molecular flexibility index (Phi) is 3.71. The van der Waals surface area contributed by atoms with Gasteiger partial charge in [0, 0.05) is 39.0 Å². The van der Waals surface area contributed by atoms with Crippen molar-refractivity contribution >= 4 is 21.6 Å². The molecule has 1 unspecified atom stereocenters. The van der Waals surface area contributed by atoms with Crippen molar-refractivity contribution in [3.63, 3.8) is 0 Å². The maximum absolute atomic E-state index is 12.1. The molecule has 0 aliphatic carbocycles. The fraction of sp³-hybridized carbons (Fsp3) is 0.600. The minimum atomic E-state index is -0.104. The highest BCUT2D eigenvalue weighted by Crippen LogP contribution is 2.32. The van der Waals surface area contributed by atoms with Gasteiger partial charge < -0.3 is 9.47 Å². The molecule has 0 spiro atoms. The van der Waals surface area contributed by atoms with Crippen LogP contribution in [0.25, 0.3) is 0 Å². The summed E-state index contributed by atoms with van der Waals surface area (Å²) in [5.41, 5.74) is 0.770. The minimum absolute atomic E-state index is 0.104. The second-order valence-electron chi connectivity index (χ2n) is 6.29. The van der Waals surface area contributed by atoms with Crippen LogP contribution >= 0.6 is 15.9 Å². The van der Waals surface area contributed by atoms with Gasteiger partial charge in [-0.05, 0) is 35.2 Å². The molecule has 1 saturated heterocycles. The predicted octanol–water partition coefficient (Wildman–Crippen LogP) is 1.46. The summed E-state index contributed by atoms with van der Waals surface area (Å²) in [5, 5.41) is 12.9. The summed E-state index contributed by atoms with van der Waals surface area (Å²) >= 11 is 3.44. The van der Waals surface area contributed by atoms with E-state index in [4.69, 9.17) is 0 Å². The van der Waals surface area contributed by atoms with Gasteiger partial charge >= 0.3 is 0 Å². The number of piperidine rings is 1. The summed E-state index contributed by atoms with van der Waals surface area (Å²) in [4.78, 5) is 14.3. The molecule has 1 fully saturated rings. The molecule has 0 aromatic carbocycles. The Hall–Kier alpha value is -1.70. The van der Waals surface area contributed by atoms with E-state index in [2.05, 4.69) is 40.7 Å². The van der Waals surface area contributed by atoms with Crippen molar-refractivity contribution in [3.05, 3.63) is 32.7 Å². The standard InChI is InChI=1S/C15H19BrN6O/c1-20-15(23)13(16)11(8-17-20)21-6-2-4-10(9-21)14-19-18-12-5-3-7-22(12)14/h8,10H,2-7,9H2,1H3. The van der Waals surface area contributed by atoms with Crippen LogP contribution in [-0.2, 0) is 20.0 Å². The zero-order valence-electron chi connectivity index (χ0n) is 13.1. The molecule has 2 aliphatic heterocycles. The van der Waals surface area contributed by atoms with Crippen LogP contribution in [0.2, 0.25) is 0 Å². The van der Waals surface area contributed by atoms with Crippen LogP contribution in [0, 0.1) is 0 Å². The van der Waals surface area contributed by atoms with Crippen molar-refractivity contribution in [3.8, 4) is 0 Å². The van der Waals surface area contributed by atoms with Crippen LogP contribution in [-0.4, -0.2) is 37.6 Å². The lowest BCUT2D eigenvalue weighted by Gasteiger charge is -2.34. The third-order valence-corrected chi connectivity index (χ3v) is 5.57. The molecule has 8 heteroatoms. The molecule has 4 rings (SSSR count). The van der Waals surface area contributed by atoms with Gasteiger partial charge in [-0.15, -0.1) is 10.2 Å². The third-order valence-electron chi connectivity index (χ3n) is 4.83. The first kappa shape index (κ1) is 14.9. The van der Waals surface area contributed by atoms with Crippen LogP contribution < -0.4 is 10.5 Å². The Morgan fingerprint density at radius 3 is 3.00 bits per heavy atom. The molecule has 2 aliphatic rings. The molecule has 0 saturated carbocycles. The number of hydrogen-bond donors (Lipinski definition) is 0. The second-order valence-corrected chi connectivity index (χ2v) is 7.08. The van der Waals surface area contributed by atoms with E-state index in [0.29, 0.717) is 10.4 Å². The van der Waals surface area contributed by atoms with Crippen molar-refractivity contribution in [2.24, 2.45) is 7.05 Å². The largest absolute Gasteiger partial charge is 0.368 e. The van der Waals surface area contributed by atoms with E-state index in [-0.39, 0.29) is 5.56 Å². The van der Waals surface area contributed by atoms with Gasteiger partial charge in [-0.2, -0.15) is 5.10 Å². The summed E-state index contributed by atoms with van der Waals surface area (Å²) in [5.74, 6) is 2.59. The van der Waals surface area contributed by atoms with E-state index < -0.39 is 0 Å². The van der Waals surface area contributed by atoms with Gasteiger partial charge in [0.2, 0.25) is 0 Å². The van der Waals surface area contributed by atoms with Gasteiger partial charge in [0.15, 0.2) is 0 Å². The maximum atomic E-state index is 12.1. The molecule has 7 nitrogen and oxygen atoms in total. The van der Waals surface area contributed by atoms with E-state index >= 15 is 0 Å². The van der Waals surface area contributed by atoms with Gasteiger partial charge in [0.1, 0.15) is 16.1 Å². The molecular weight excluding hydrogens is 360 g/mol. The highest BCUT2D eigenvalue weighted by Gasteiger charge is 2.29. The Morgan fingerprint density at radius 2 is 2.13 bits per heavy atom. The number of aromatic nitrogens is 5. The smallest absolute Gasteiger partial charge is 0.282 e. The van der Waals surface area contributed by atoms with Crippen molar-refractivity contribution in [2.75, 3.05) is 18.0 Å². The Balaban J connectivity index is 1.62. The van der Waals surface area contributed by atoms with E-state index in [1.54, 1.807) is 13.2 Å². The number of rotatable bonds is 2. The van der Waals surface area contributed by atoms with Crippen molar-refractivity contribution in [2.45, 2.75) is 38.1 Å². The highest BCUT2D eigenvalue weighted by molar-refractivity contribution is 9.10. The first-order valence-electron chi connectivity index (χ1n) is 8.04. The van der Waals surface area contributed by atoms with Crippen LogP contribution in [0.5, 0.6) is 0 Å². The topological polar surface area (TPSA) is 68.8 Å². The molecule has 0 radical (unpaired) electrons. The van der Waals surface area contributed by atoms with Crippen molar-refractivity contribution in [1.82, 2.24) is 24.5 Å². The van der Waals surface area contributed by atoms with Gasteiger partial charge in [0.05, 0.1) is 11.9 Å². The van der Waals surface area contributed by atoms with Crippen molar-refractivity contribution < 1.29 is 0 Å². The average Bonchev–Trinajstić information content (AvgIpc) is 3.16. The highest BCUT2D eigenvalue weighted by atomic mass is 79.9. The van der Waals surface area contributed by atoms with Crippen LogP contribution in [0.3, 0.4) is 0 Å². The molecule has 4 heterocycles.